The van der Waals surface area contributed by atoms with E-state index in [0.717, 1.165) is 0 Å². The zero-order valence-electron chi connectivity index (χ0n) is 15.8. The lowest BCUT2D eigenvalue weighted by Gasteiger charge is -2.17. The predicted octanol–water partition coefficient (Wildman–Crippen LogP) is 2.64. The Hall–Kier alpha value is -2.64. The molecule has 2 aromatic rings. The van der Waals surface area contributed by atoms with Gasteiger partial charge in [-0.3, -0.25) is 4.99 Å². The molecule has 7 nitrogen and oxygen atoms in total. The van der Waals surface area contributed by atoms with Gasteiger partial charge in [0.15, 0.2) is 11.8 Å². The lowest BCUT2D eigenvalue weighted by atomic mass is 9.97. The van der Waals surface area contributed by atoms with E-state index in [9.17, 15) is 4.39 Å². The number of halogens is 1. The summed E-state index contributed by atoms with van der Waals surface area (Å²) in [6.07, 6.45) is -0.128. The van der Waals surface area contributed by atoms with Gasteiger partial charge in [0.1, 0.15) is 17.7 Å². The molecule has 0 fully saturated rings. The normalized spacial score (nSPS) is 13.4. The van der Waals surface area contributed by atoms with Gasteiger partial charge in [0.05, 0.1) is 13.1 Å². The Morgan fingerprint density at radius 2 is 1.96 bits per heavy atom. The average molecular weight is 363 g/mol. The molecule has 142 valence electrons. The molecule has 0 amide bonds. The minimum atomic E-state index is -0.288. The number of hydrogen-bond acceptors (Lipinski definition) is 5. The predicted molar refractivity (Wildman–Crippen MR) is 97.7 cm³/mol. The fourth-order valence-corrected chi connectivity index (χ4v) is 2.04. The Morgan fingerprint density at radius 1 is 1.27 bits per heavy atom. The minimum Gasteiger partial charge on any atom is -0.489 e. The summed E-state index contributed by atoms with van der Waals surface area (Å²) in [6.45, 7) is 8.88. The van der Waals surface area contributed by atoms with Crippen LogP contribution in [-0.2, 0) is 12.0 Å². The van der Waals surface area contributed by atoms with Gasteiger partial charge in [-0.15, -0.1) is 0 Å². The van der Waals surface area contributed by atoms with Gasteiger partial charge in [-0.25, -0.2) is 4.39 Å². The lowest BCUT2D eigenvalue weighted by molar-refractivity contribution is 0.223. The van der Waals surface area contributed by atoms with Crippen molar-refractivity contribution in [3.63, 3.8) is 0 Å². The molecule has 1 atom stereocenters. The van der Waals surface area contributed by atoms with Crippen LogP contribution < -0.4 is 15.4 Å². The van der Waals surface area contributed by atoms with Crippen molar-refractivity contribution in [3.05, 3.63) is 41.8 Å². The molecular formula is C18H26FN5O2. The van der Waals surface area contributed by atoms with Crippen LogP contribution in [0.1, 0.15) is 39.4 Å². The summed E-state index contributed by atoms with van der Waals surface area (Å²) >= 11 is 0. The van der Waals surface area contributed by atoms with Crippen molar-refractivity contribution in [2.45, 2.75) is 45.8 Å². The van der Waals surface area contributed by atoms with Gasteiger partial charge in [0.2, 0.25) is 5.89 Å². The van der Waals surface area contributed by atoms with E-state index in [1.54, 1.807) is 19.2 Å². The average Bonchev–Trinajstić information content (AvgIpc) is 3.06. The molecule has 0 saturated heterocycles. The summed E-state index contributed by atoms with van der Waals surface area (Å²) in [5, 5.41) is 10.2. The maximum absolute atomic E-state index is 12.9. The molecule has 0 radical (unpaired) electrons. The number of benzene rings is 1. The Labute approximate surface area is 153 Å². The molecule has 0 aliphatic heterocycles. The lowest BCUT2D eigenvalue weighted by Crippen LogP contribution is -2.41. The molecule has 1 unspecified atom stereocenters. The minimum absolute atomic E-state index is 0.128. The van der Waals surface area contributed by atoms with Crippen molar-refractivity contribution >= 4 is 5.96 Å². The smallest absolute Gasteiger partial charge is 0.232 e. The maximum atomic E-state index is 12.9. The van der Waals surface area contributed by atoms with E-state index < -0.39 is 0 Å². The molecule has 1 aromatic heterocycles. The van der Waals surface area contributed by atoms with Crippen LogP contribution in [0.2, 0.25) is 0 Å². The first-order valence-electron chi connectivity index (χ1n) is 8.47. The maximum Gasteiger partial charge on any atom is 0.232 e. The van der Waals surface area contributed by atoms with E-state index in [1.807, 2.05) is 27.7 Å². The standard InChI is InChI=1S/C18H26FN5O2/c1-12(25-14-8-6-13(19)7-9-14)10-21-17(20-5)22-11-15-23-16(26-24-15)18(2,3)4/h6-9,12H,10-11H2,1-5H3,(H2,20,21,22). The number of guanidine groups is 1. The SMILES string of the molecule is CN=C(NCc1noc(C(C)(C)C)n1)NCC(C)Oc1ccc(F)cc1. The van der Waals surface area contributed by atoms with Gasteiger partial charge in [0.25, 0.3) is 0 Å². The first-order valence-corrected chi connectivity index (χ1v) is 8.47. The summed E-state index contributed by atoms with van der Waals surface area (Å²) < 4.78 is 23.9. The van der Waals surface area contributed by atoms with Crippen LogP contribution in [0.15, 0.2) is 33.8 Å². The van der Waals surface area contributed by atoms with Crippen molar-refractivity contribution in [1.29, 1.82) is 0 Å². The highest BCUT2D eigenvalue weighted by molar-refractivity contribution is 5.79. The monoisotopic (exact) mass is 363 g/mol. The largest absolute Gasteiger partial charge is 0.489 e. The van der Waals surface area contributed by atoms with Gasteiger partial charge in [0, 0.05) is 12.5 Å². The molecule has 2 rings (SSSR count). The van der Waals surface area contributed by atoms with Crippen LogP contribution in [0.4, 0.5) is 4.39 Å². The van der Waals surface area contributed by atoms with Crippen LogP contribution in [-0.4, -0.2) is 35.8 Å². The first kappa shape index (κ1) is 19.7. The quantitative estimate of drug-likeness (QED) is 0.606. The van der Waals surface area contributed by atoms with Crippen LogP contribution in [0.5, 0.6) is 5.75 Å². The second kappa shape index (κ2) is 8.64. The number of ether oxygens (including phenoxy) is 1. The summed E-state index contributed by atoms with van der Waals surface area (Å²) in [5.41, 5.74) is -0.182. The van der Waals surface area contributed by atoms with Crippen molar-refractivity contribution in [1.82, 2.24) is 20.8 Å². The number of aliphatic imine (C=N–C) groups is 1. The summed E-state index contributed by atoms with van der Waals surface area (Å²) in [7, 11) is 1.68. The summed E-state index contributed by atoms with van der Waals surface area (Å²) in [6, 6.07) is 5.93. The van der Waals surface area contributed by atoms with Gasteiger partial charge in [-0.1, -0.05) is 25.9 Å². The number of rotatable bonds is 6. The van der Waals surface area contributed by atoms with E-state index in [-0.39, 0.29) is 17.3 Å². The van der Waals surface area contributed by atoms with Crippen LogP contribution in [0, 0.1) is 5.82 Å². The molecule has 0 saturated carbocycles. The Bertz CT molecular complexity index is 722. The van der Waals surface area contributed by atoms with E-state index in [0.29, 0.717) is 36.5 Å². The van der Waals surface area contributed by atoms with Crippen LogP contribution in [0.25, 0.3) is 0 Å². The van der Waals surface area contributed by atoms with E-state index in [2.05, 4.69) is 25.8 Å². The zero-order valence-corrected chi connectivity index (χ0v) is 15.8. The van der Waals surface area contributed by atoms with Crippen LogP contribution in [0.3, 0.4) is 0 Å². The van der Waals surface area contributed by atoms with Crippen LogP contribution >= 0.6 is 0 Å². The summed E-state index contributed by atoms with van der Waals surface area (Å²) in [4.78, 5) is 8.52. The number of hydrogen-bond donors (Lipinski definition) is 2. The third-order valence-electron chi connectivity index (χ3n) is 3.46. The van der Waals surface area contributed by atoms with E-state index >= 15 is 0 Å². The van der Waals surface area contributed by atoms with E-state index in [1.165, 1.54) is 12.1 Å². The van der Waals surface area contributed by atoms with Crippen molar-refractivity contribution in [2.24, 2.45) is 4.99 Å². The fourth-order valence-electron chi connectivity index (χ4n) is 2.04. The highest BCUT2D eigenvalue weighted by atomic mass is 19.1. The second-order valence-corrected chi connectivity index (χ2v) is 6.95. The number of nitrogens with zero attached hydrogens (tertiary/aromatic N) is 3. The summed E-state index contributed by atoms with van der Waals surface area (Å²) in [5.74, 6) is 2.09. The molecule has 0 bridgehead atoms. The highest BCUT2D eigenvalue weighted by Crippen LogP contribution is 2.19. The molecule has 1 aromatic carbocycles. The Kier molecular flexibility index (Phi) is 6.54. The topological polar surface area (TPSA) is 84.6 Å². The van der Waals surface area contributed by atoms with Crippen molar-refractivity contribution in [2.75, 3.05) is 13.6 Å². The van der Waals surface area contributed by atoms with Gasteiger partial charge in [-0.2, -0.15) is 4.98 Å². The van der Waals surface area contributed by atoms with Crippen molar-refractivity contribution in [3.8, 4) is 5.75 Å². The van der Waals surface area contributed by atoms with Gasteiger partial charge in [-0.05, 0) is 31.2 Å². The molecule has 8 heteroatoms. The Balaban J connectivity index is 1.78. The molecule has 26 heavy (non-hydrogen) atoms. The molecule has 1 heterocycles. The zero-order chi connectivity index (χ0) is 19.2. The molecular weight excluding hydrogens is 337 g/mol. The second-order valence-electron chi connectivity index (χ2n) is 6.95. The highest BCUT2D eigenvalue weighted by Gasteiger charge is 2.21. The number of aromatic nitrogens is 2. The molecule has 0 aliphatic carbocycles. The van der Waals surface area contributed by atoms with Gasteiger partial charge >= 0.3 is 0 Å². The third-order valence-corrected chi connectivity index (χ3v) is 3.46. The molecule has 0 aliphatic rings. The molecule has 0 spiro atoms. The fraction of sp³-hybridized carbons (Fsp3) is 0.500. The third kappa shape index (κ3) is 6.02. The molecule has 2 N–H and O–H groups in total. The van der Waals surface area contributed by atoms with Gasteiger partial charge < -0.3 is 19.9 Å². The van der Waals surface area contributed by atoms with Crippen molar-refractivity contribution < 1.29 is 13.7 Å². The Morgan fingerprint density at radius 3 is 2.54 bits per heavy atom. The number of nitrogens with one attached hydrogen (secondary N) is 2. The first-order chi connectivity index (χ1) is 12.3. The van der Waals surface area contributed by atoms with E-state index in [4.69, 9.17) is 9.26 Å².